The molecule has 10 heteroatoms. The summed E-state index contributed by atoms with van der Waals surface area (Å²) in [6.07, 6.45) is 3.53. The molecule has 154 valence electrons. The van der Waals surface area contributed by atoms with Gasteiger partial charge in [0.1, 0.15) is 5.82 Å². The summed E-state index contributed by atoms with van der Waals surface area (Å²) in [6.45, 7) is 4.73. The number of sulfonamides is 1. The Hall–Kier alpha value is -3.50. The minimum atomic E-state index is -3.79. The van der Waals surface area contributed by atoms with E-state index in [1.807, 2.05) is 42.9 Å². The van der Waals surface area contributed by atoms with Crippen molar-refractivity contribution < 1.29 is 8.42 Å². The highest BCUT2D eigenvalue weighted by molar-refractivity contribution is 7.89. The van der Waals surface area contributed by atoms with Crippen LogP contribution in [0.3, 0.4) is 0 Å². The fraction of sp³-hybridized carbons (Fsp3) is 0.150. The number of anilines is 4. The summed E-state index contributed by atoms with van der Waals surface area (Å²) in [5.74, 6) is 0.964. The van der Waals surface area contributed by atoms with E-state index in [1.165, 1.54) is 12.1 Å². The van der Waals surface area contributed by atoms with E-state index in [0.29, 0.717) is 17.5 Å². The minimum absolute atomic E-state index is 0.0128. The van der Waals surface area contributed by atoms with Crippen LogP contribution in [-0.4, -0.2) is 28.2 Å². The second-order valence-corrected chi connectivity index (χ2v) is 8.34. The Labute approximate surface area is 174 Å². The molecule has 2 aromatic heterocycles. The second-order valence-electron chi connectivity index (χ2n) is 6.78. The quantitative estimate of drug-likeness (QED) is 0.434. The van der Waals surface area contributed by atoms with E-state index >= 15 is 0 Å². The summed E-state index contributed by atoms with van der Waals surface area (Å²) >= 11 is 0. The van der Waals surface area contributed by atoms with Gasteiger partial charge in [0.2, 0.25) is 16.0 Å². The maximum Gasteiger partial charge on any atom is 0.238 e. The molecule has 0 spiro atoms. The topological polar surface area (TPSA) is 128 Å². The van der Waals surface area contributed by atoms with Crippen LogP contribution >= 0.6 is 0 Å². The maximum absolute atomic E-state index is 11.6. The summed E-state index contributed by atoms with van der Waals surface area (Å²) in [4.78, 5) is 8.82. The first-order chi connectivity index (χ1) is 14.3. The molecule has 0 bridgehead atoms. The van der Waals surface area contributed by atoms with Crippen LogP contribution in [0.2, 0.25) is 0 Å². The molecule has 0 unspecified atom stereocenters. The molecule has 2 heterocycles. The maximum atomic E-state index is 11.6. The van der Waals surface area contributed by atoms with Gasteiger partial charge in [-0.2, -0.15) is 10.1 Å². The van der Waals surface area contributed by atoms with Gasteiger partial charge in [-0.1, -0.05) is 6.07 Å². The summed E-state index contributed by atoms with van der Waals surface area (Å²) in [5.41, 5.74) is 3.29. The van der Waals surface area contributed by atoms with Crippen LogP contribution in [0.5, 0.6) is 0 Å². The number of rotatable bonds is 6. The van der Waals surface area contributed by atoms with E-state index in [-0.39, 0.29) is 4.90 Å². The number of benzene rings is 2. The van der Waals surface area contributed by atoms with Gasteiger partial charge in [-0.15, -0.1) is 0 Å². The van der Waals surface area contributed by atoms with Gasteiger partial charge in [-0.05, 0) is 50.2 Å². The average Bonchev–Trinajstić information content (AvgIpc) is 3.12. The van der Waals surface area contributed by atoms with Crippen LogP contribution in [0.15, 0.2) is 59.8 Å². The Morgan fingerprint density at radius 1 is 1.07 bits per heavy atom. The zero-order chi connectivity index (χ0) is 21.3. The number of hydrogen-bond acceptors (Lipinski definition) is 7. The number of primary sulfonamides is 1. The zero-order valence-electron chi connectivity index (χ0n) is 16.5. The first-order valence-corrected chi connectivity index (χ1v) is 10.8. The molecule has 0 aliphatic rings. The van der Waals surface area contributed by atoms with Gasteiger partial charge >= 0.3 is 0 Å². The van der Waals surface area contributed by atoms with Crippen molar-refractivity contribution in [1.82, 2.24) is 19.7 Å². The monoisotopic (exact) mass is 423 g/mol. The molecule has 0 fully saturated rings. The first-order valence-electron chi connectivity index (χ1n) is 9.29. The van der Waals surface area contributed by atoms with E-state index < -0.39 is 10.0 Å². The van der Waals surface area contributed by atoms with Crippen LogP contribution in [0.1, 0.15) is 12.5 Å². The number of nitrogens with two attached hydrogens (primary N) is 1. The van der Waals surface area contributed by atoms with Gasteiger partial charge in [0.15, 0.2) is 0 Å². The molecule has 0 aliphatic heterocycles. The SMILES string of the molecule is CCn1ncc2ccc(Nc3nc(Nc4cccc(S(N)(=O)=O)c4)ncc3C)cc21. The fourth-order valence-electron chi connectivity index (χ4n) is 3.05. The smallest absolute Gasteiger partial charge is 0.238 e. The van der Waals surface area contributed by atoms with Crippen molar-refractivity contribution >= 4 is 44.1 Å². The molecule has 2 aromatic carbocycles. The van der Waals surface area contributed by atoms with Gasteiger partial charge in [0.05, 0.1) is 16.6 Å². The van der Waals surface area contributed by atoms with E-state index in [0.717, 1.165) is 28.7 Å². The van der Waals surface area contributed by atoms with Crippen molar-refractivity contribution in [2.24, 2.45) is 5.14 Å². The molecule has 9 nitrogen and oxygen atoms in total. The molecule has 0 saturated carbocycles. The molecule has 4 aromatic rings. The van der Waals surface area contributed by atoms with Crippen molar-refractivity contribution in [3.05, 3.63) is 60.4 Å². The van der Waals surface area contributed by atoms with Crippen LogP contribution in [0, 0.1) is 6.92 Å². The van der Waals surface area contributed by atoms with Crippen molar-refractivity contribution in [3.8, 4) is 0 Å². The largest absolute Gasteiger partial charge is 0.340 e. The van der Waals surface area contributed by atoms with Gasteiger partial charge in [-0.25, -0.2) is 18.5 Å². The van der Waals surface area contributed by atoms with Crippen LogP contribution in [-0.2, 0) is 16.6 Å². The van der Waals surface area contributed by atoms with E-state index in [2.05, 4.69) is 25.7 Å². The lowest BCUT2D eigenvalue weighted by Crippen LogP contribution is -2.12. The predicted octanol–water partition coefficient (Wildman–Crippen LogP) is 3.29. The molecular weight excluding hydrogens is 402 g/mol. The lowest BCUT2D eigenvalue weighted by atomic mass is 10.2. The summed E-state index contributed by atoms with van der Waals surface area (Å²) < 4.78 is 25.1. The molecular formula is C20H21N7O2S. The molecule has 4 rings (SSSR count). The number of nitrogens with one attached hydrogen (secondary N) is 2. The van der Waals surface area contributed by atoms with E-state index in [9.17, 15) is 8.42 Å². The summed E-state index contributed by atoms with van der Waals surface area (Å²) in [5, 5.41) is 17.0. The molecule has 0 atom stereocenters. The van der Waals surface area contributed by atoms with E-state index in [1.54, 1.807) is 18.3 Å². The van der Waals surface area contributed by atoms with Gasteiger partial charge < -0.3 is 10.6 Å². The Bertz CT molecular complexity index is 1330. The molecule has 30 heavy (non-hydrogen) atoms. The van der Waals surface area contributed by atoms with Crippen molar-refractivity contribution in [3.63, 3.8) is 0 Å². The Morgan fingerprint density at radius 2 is 1.87 bits per heavy atom. The molecule has 0 aliphatic carbocycles. The molecule has 0 saturated heterocycles. The molecule has 0 radical (unpaired) electrons. The Kier molecular flexibility index (Phi) is 5.10. The van der Waals surface area contributed by atoms with Crippen molar-refractivity contribution in [1.29, 1.82) is 0 Å². The fourth-order valence-corrected chi connectivity index (χ4v) is 3.61. The number of hydrogen-bond donors (Lipinski definition) is 3. The molecule has 4 N–H and O–H groups in total. The normalized spacial score (nSPS) is 11.6. The van der Waals surface area contributed by atoms with Crippen LogP contribution in [0.25, 0.3) is 10.9 Å². The van der Waals surface area contributed by atoms with Gasteiger partial charge in [0, 0.05) is 35.1 Å². The Balaban J connectivity index is 1.61. The lowest BCUT2D eigenvalue weighted by molar-refractivity contribution is 0.598. The highest BCUT2D eigenvalue weighted by Gasteiger charge is 2.10. The van der Waals surface area contributed by atoms with Crippen LogP contribution < -0.4 is 15.8 Å². The third-order valence-electron chi connectivity index (χ3n) is 4.60. The zero-order valence-corrected chi connectivity index (χ0v) is 17.3. The van der Waals surface area contributed by atoms with Crippen LogP contribution in [0.4, 0.5) is 23.1 Å². The second kappa shape index (κ2) is 7.73. The minimum Gasteiger partial charge on any atom is -0.340 e. The highest BCUT2D eigenvalue weighted by Crippen LogP contribution is 2.25. The lowest BCUT2D eigenvalue weighted by Gasteiger charge is -2.12. The number of fused-ring (bicyclic) bond motifs is 1. The van der Waals surface area contributed by atoms with Crippen molar-refractivity contribution in [2.75, 3.05) is 10.6 Å². The highest BCUT2D eigenvalue weighted by atomic mass is 32.2. The molecule has 0 amide bonds. The number of aromatic nitrogens is 4. The van der Waals surface area contributed by atoms with Crippen molar-refractivity contribution in [2.45, 2.75) is 25.3 Å². The third-order valence-corrected chi connectivity index (χ3v) is 5.51. The predicted molar refractivity (Wildman–Crippen MR) is 117 cm³/mol. The number of nitrogens with zero attached hydrogens (tertiary/aromatic N) is 4. The third kappa shape index (κ3) is 4.09. The van der Waals surface area contributed by atoms with Gasteiger partial charge in [0.25, 0.3) is 0 Å². The standard InChI is InChI=1S/C20H21N7O2S/c1-3-27-18-10-16(8-7-14(18)12-23-27)24-19-13(2)11-22-20(26-19)25-15-5-4-6-17(9-15)30(21,28)29/h4-12H,3H2,1-2H3,(H2,21,28,29)(H2,22,24,25,26). The Morgan fingerprint density at radius 3 is 2.63 bits per heavy atom. The summed E-state index contributed by atoms with van der Waals surface area (Å²) in [7, 11) is -3.79. The average molecular weight is 424 g/mol. The summed E-state index contributed by atoms with van der Waals surface area (Å²) in [6, 6.07) is 12.2. The van der Waals surface area contributed by atoms with E-state index in [4.69, 9.17) is 5.14 Å². The first kappa shape index (κ1) is 19.8. The number of aryl methyl sites for hydroxylation is 2. The van der Waals surface area contributed by atoms with Gasteiger partial charge in [-0.3, -0.25) is 4.68 Å².